The Balaban J connectivity index is 2.18. The Morgan fingerprint density at radius 2 is 2.19 bits per heavy atom. The van der Waals surface area contributed by atoms with E-state index in [1.54, 1.807) is 6.07 Å². The molecule has 0 bridgehead atoms. The Morgan fingerprint density at radius 1 is 1.38 bits per heavy atom. The highest BCUT2D eigenvalue weighted by Gasteiger charge is 2.10. The van der Waals surface area contributed by atoms with Crippen LogP contribution >= 0.6 is 31.9 Å². The third-order valence-electron chi connectivity index (χ3n) is 1.81. The number of H-pyrrole nitrogens is 1. The summed E-state index contributed by atoms with van der Waals surface area (Å²) in [5, 5.41) is 8.79. The number of aromatic nitrogens is 3. The highest BCUT2D eigenvalue weighted by Crippen LogP contribution is 2.26. The minimum atomic E-state index is -0.333. The van der Waals surface area contributed by atoms with Gasteiger partial charge in [0.05, 0.1) is 5.69 Å². The van der Waals surface area contributed by atoms with Gasteiger partial charge in [0.15, 0.2) is 0 Å². The lowest BCUT2D eigenvalue weighted by atomic mass is 10.3. The van der Waals surface area contributed by atoms with Crippen molar-refractivity contribution >= 4 is 43.5 Å². The van der Waals surface area contributed by atoms with Gasteiger partial charge in [0.2, 0.25) is 5.82 Å². The molecular formula is C9H6Br2N4O. The molecule has 0 spiro atoms. The zero-order chi connectivity index (χ0) is 11.5. The van der Waals surface area contributed by atoms with E-state index < -0.39 is 0 Å². The maximum Gasteiger partial charge on any atom is 0.293 e. The number of nitrogens with zero attached hydrogens (tertiary/aromatic N) is 2. The van der Waals surface area contributed by atoms with Crippen LogP contribution in [0.25, 0.3) is 0 Å². The molecule has 0 radical (unpaired) electrons. The monoisotopic (exact) mass is 344 g/mol. The van der Waals surface area contributed by atoms with Crippen LogP contribution in [0, 0.1) is 0 Å². The summed E-state index contributed by atoms with van der Waals surface area (Å²) >= 11 is 6.68. The van der Waals surface area contributed by atoms with Gasteiger partial charge in [-0.2, -0.15) is 5.10 Å². The number of carbonyl (C=O) groups excluding carboxylic acids is 1. The van der Waals surface area contributed by atoms with Crippen molar-refractivity contribution in [2.24, 2.45) is 0 Å². The van der Waals surface area contributed by atoms with Gasteiger partial charge in [0.1, 0.15) is 6.33 Å². The van der Waals surface area contributed by atoms with Gasteiger partial charge in [-0.3, -0.25) is 9.89 Å². The van der Waals surface area contributed by atoms with Crippen LogP contribution in [0.1, 0.15) is 10.6 Å². The van der Waals surface area contributed by atoms with E-state index in [1.165, 1.54) is 6.33 Å². The van der Waals surface area contributed by atoms with Crippen LogP contribution in [-0.4, -0.2) is 21.1 Å². The predicted octanol–water partition coefficient (Wildman–Crippen LogP) is 2.58. The number of aromatic amines is 1. The normalized spacial score (nSPS) is 10.1. The summed E-state index contributed by atoms with van der Waals surface area (Å²) in [4.78, 5) is 15.4. The number of rotatable bonds is 2. The molecule has 5 nitrogen and oxygen atoms in total. The Labute approximate surface area is 108 Å². The molecule has 0 fully saturated rings. The summed E-state index contributed by atoms with van der Waals surface area (Å²) in [6.45, 7) is 0. The molecule has 2 rings (SSSR count). The van der Waals surface area contributed by atoms with Crippen molar-refractivity contribution in [2.45, 2.75) is 0 Å². The van der Waals surface area contributed by atoms with Crippen LogP contribution in [-0.2, 0) is 0 Å². The predicted molar refractivity (Wildman–Crippen MR) is 66.2 cm³/mol. The van der Waals surface area contributed by atoms with Gasteiger partial charge in [-0.1, -0.05) is 15.9 Å². The molecule has 1 amide bonds. The van der Waals surface area contributed by atoms with Crippen LogP contribution in [0.4, 0.5) is 5.69 Å². The zero-order valence-corrected chi connectivity index (χ0v) is 11.0. The number of anilines is 1. The zero-order valence-electron chi connectivity index (χ0n) is 7.87. The van der Waals surface area contributed by atoms with Crippen LogP contribution in [0.15, 0.2) is 33.5 Å². The number of carbonyl (C=O) groups is 1. The van der Waals surface area contributed by atoms with E-state index in [9.17, 15) is 4.79 Å². The number of amides is 1. The van der Waals surface area contributed by atoms with Crippen LogP contribution in [0.5, 0.6) is 0 Å². The van der Waals surface area contributed by atoms with E-state index in [4.69, 9.17) is 0 Å². The highest BCUT2D eigenvalue weighted by molar-refractivity contribution is 9.11. The molecule has 0 unspecified atom stereocenters. The van der Waals surface area contributed by atoms with E-state index in [0.29, 0.717) is 5.69 Å². The van der Waals surface area contributed by atoms with Crippen LogP contribution < -0.4 is 5.32 Å². The molecule has 0 atom stereocenters. The third kappa shape index (κ3) is 2.48. The van der Waals surface area contributed by atoms with Crippen LogP contribution in [0.2, 0.25) is 0 Å². The lowest BCUT2D eigenvalue weighted by Gasteiger charge is -2.05. The standard InChI is InChI=1S/C9H6Br2N4O/c10-5-1-2-7(6(11)3-5)14-9(16)8-12-4-13-15-8/h1-4H,(H,14,16)(H,12,13,15). The average molecular weight is 346 g/mol. The molecule has 0 aliphatic rings. The lowest BCUT2D eigenvalue weighted by molar-refractivity contribution is 0.101. The largest absolute Gasteiger partial charge is 0.318 e. The average Bonchev–Trinajstić information content (AvgIpc) is 2.75. The topological polar surface area (TPSA) is 70.7 Å². The second kappa shape index (κ2) is 4.75. The van der Waals surface area contributed by atoms with Gasteiger partial charge >= 0.3 is 0 Å². The lowest BCUT2D eigenvalue weighted by Crippen LogP contribution is -2.14. The van der Waals surface area contributed by atoms with E-state index in [1.807, 2.05) is 12.1 Å². The van der Waals surface area contributed by atoms with E-state index >= 15 is 0 Å². The summed E-state index contributed by atoms with van der Waals surface area (Å²) in [6.07, 6.45) is 1.28. The fourth-order valence-electron chi connectivity index (χ4n) is 1.09. The van der Waals surface area contributed by atoms with Crippen LogP contribution in [0.3, 0.4) is 0 Å². The molecule has 82 valence electrons. The Kier molecular flexibility index (Phi) is 3.35. The summed E-state index contributed by atoms with van der Waals surface area (Å²) < 4.78 is 1.71. The first kappa shape index (κ1) is 11.3. The van der Waals surface area contributed by atoms with Gasteiger partial charge in [0.25, 0.3) is 5.91 Å². The molecule has 1 heterocycles. The molecule has 0 aliphatic carbocycles. The van der Waals surface area contributed by atoms with Crippen molar-refractivity contribution in [2.75, 3.05) is 5.32 Å². The molecule has 1 aromatic carbocycles. The minimum absolute atomic E-state index is 0.176. The number of halogens is 2. The second-order valence-electron chi connectivity index (χ2n) is 2.91. The molecule has 2 N–H and O–H groups in total. The van der Waals surface area contributed by atoms with E-state index in [-0.39, 0.29) is 11.7 Å². The molecule has 16 heavy (non-hydrogen) atoms. The smallest absolute Gasteiger partial charge is 0.293 e. The maximum absolute atomic E-state index is 11.6. The molecular weight excluding hydrogens is 340 g/mol. The Morgan fingerprint density at radius 3 is 2.81 bits per heavy atom. The third-order valence-corrected chi connectivity index (χ3v) is 2.96. The van der Waals surface area contributed by atoms with Crippen molar-refractivity contribution < 1.29 is 4.79 Å². The number of nitrogens with one attached hydrogen (secondary N) is 2. The summed E-state index contributed by atoms with van der Waals surface area (Å²) in [5.41, 5.74) is 0.671. The quantitative estimate of drug-likeness (QED) is 0.878. The number of hydrogen-bond acceptors (Lipinski definition) is 3. The minimum Gasteiger partial charge on any atom is -0.318 e. The first-order valence-electron chi connectivity index (χ1n) is 4.28. The fourth-order valence-corrected chi connectivity index (χ4v) is 2.23. The van der Waals surface area contributed by atoms with E-state index in [2.05, 4.69) is 52.4 Å². The van der Waals surface area contributed by atoms with Crippen molar-refractivity contribution in [1.29, 1.82) is 0 Å². The van der Waals surface area contributed by atoms with Crippen molar-refractivity contribution in [3.8, 4) is 0 Å². The van der Waals surface area contributed by atoms with Gasteiger partial charge in [-0.15, -0.1) is 0 Å². The number of hydrogen-bond donors (Lipinski definition) is 2. The maximum atomic E-state index is 11.6. The first-order valence-corrected chi connectivity index (χ1v) is 5.87. The van der Waals surface area contributed by atoms with Gasteiger partial charge < -0.3 is 5.32 Å². The molecule has 0 saturated carbocycles. The van der Waals surface area contributed by atoms with Crippen molar-refractivity contribution in [3.63, 3.8) is 0 Å². The number of benzene rings is 1. The summed E-state index contributed by atoms with van der Waals surface area (Å²) in [7, 11) is 0. The first-order chi connectivity index (χ1) is 7.66. The highest BCUT2D eigenvalue weighted by atomic mass is 79.9. The molecule has 0 saturated heterocycles. The van der Waals surface area contributed by atoms with Gasteiger partial charge in [-0.25, -0.2) is 4.98 Å². The molecule has 1 aromatic heterocycles. The second-order valence-corrected chi connectivity index (χ2v) is 4.68. The van der Waals surface area contributed by atoms with E-state index in [0.717, 1.165) is 8.95 Å². The molecule has 2 aromatic rings. The SMILES string of the molecule is O=C(Nc1ccc(Br)cc1Br)c1ncn[nH]1. The molecule has 7 heteroatoms. The Bertz CT molecular complexity index is 512. The Hall–Kier alpha value is -1.21. The summed E-state index contributed by atoms with van der Waals surface area (Å²) in [5.74, 6) is -0.157. The summed E-state index contributed by atoms with van der Waals surface area (Å²) in [6, 6.07) is 5.46. The fraction of sp³-hybridized carbons (Fsp3) is 0. The van der Waals surface area contributed by atoms with Crippen molar-refractivity contribution in [1.82, 2.24) is 15.2 Å². The van der Waals surface area contributed by atoms with Crippen molar-refractivity contribution in [3.05, 3.63) is 39.3 Å². The van der Waals surface area contributed by atoms with Gasteiger partial charge in [0, 0.05) is 8.95 Å². The van der Waals surface area contributed by atoms with Gasteiger partial charge in [-0.05, 0) is 34.1 Å². The molecule has 0 aliphatic heterocycles.